The van der Waals surface area contributed by atoms with E-state index in [0.29, 0.717) is 5.75 Å². The highest BCUT2D eigenvalue weighted by atomic mass is 16.5. The summed E-state index contributed by atoms with van der Waals surface area (Å²) in [4.78, 5) is 20.0. The molecule has 0 saturated heterocycles. The molecule has 0 aliphatic heterocycles. The standard InChI is InChI=1S/C22H19N3O2/c1-15-6-2-3-7-18(15)23-21(26)14-27-17-12-10-16(11-13-17)22-24-19-8-4-5-9-20(19)25-22/h2-13H,14H2,1H3,(H,23,26)(H,24,25). The SMILES string of the molecule is Cc1ccccc1NC(=O)COc1ccc(-c2nc3ccccc3[nH]2)cc1. The molecule has 134 valence electrons. The van der Waals surface area contributed by atoms with E-state index >= 15 is 0 Å². The second-order valence-corrected chi connectivity index (χ2v) is 6.28. The maximum atomic E-state index is 12.1. The number of benzene rings is 3. The largest absolute Gasteiger partial charge is 0.484 e. The second kappa shape index (κ2) is 7.33. The van der Waals surface area contributed by atoms with Crippen molar-refractivity contribution in [3.05, 3.63) is 78.4 Å². The molecular formula is C22H19N3O2. The van der Waals surface area contributed by atoms with E-state index in [1.165, 1.54) is 0 Å². The van der Waals surface area contributed by atoms with Gasteiger partial charge in [-0.25, -0.2) is 4.98 Å². The van der Waals surface area contributed by atoms with Crippen LogP contribution in [-0.2, 0) is 4.79 Å². The number of aryl methyl sites for hydroxylation is 1. The molecule has 0 spiro atoms. The number of H-pyrrole nitrogens is 1. The van der Waals surface area contributed by atoms with Gasteiger partial charge in [0.1, 0.15) is 11.6 Å². The van der Waals surface area contributed by atoms with Crippen molar-refractivity contribution in [3.63, 3.8) is 0 Å². The third-order valence-electron chi connectivity index (χ3n) is 4.31. The average Bonchev–Trinajstić information content (AvgIpc) is 3.13. The quantitative estimate of drug-likeness (QED) is 0.550. The Morgan fingerprint density at radius 2 is 1.74 bits per heavy atom. The monoisotopic (exact) mass is 357 g/mol. The molecule has 4 rings (SSSR count). The van der Waals surface area contributed by atoms with E-state index in [1.54, 1.807) is 0 Å². The number of amides is 1. The predicted molar refractivity (Wildman–Crippen MR) is 107 cm³/mol. The first-order valence-corrected chi connectivity index (χ1v) is 8.72. The molecular weight excluding hydrogens is 338 g/mol. The van der Waals surface area contributed by atoms with Gasteiger partial charge in [0.15, 0.2) is 6.61 Å². The summed E-state index contributed by atoms with van der Waals surface area (Å²) in [5.41, 5.74) is 4.71. The zero-order valence-electron chi connectivity index (χ0n) is 14.9. The molecule has 4 aromatic rings. The van der Waals surface area contributed by atoms with Crippen molar-refractivity contribution in [2.24, 2.45) is 0 Å². The van der Waals surface area contributed by atoms with Crippen LogP contribution in [0.3, 0.4) is 0 Å². The molecule has 0 atom stereocenters. The molecule has 0 unspecified atom stereocenters. The van der Waals surface area contributed by atoms with Crippen molar-refractivity contribution in [2.75, 3.05) is 11.9 Å². The van der Waals surface area contributed by atoms with Gasteiger partial charge in [0, 0.05) is 11.3 Å². The number of imidazole rings is 1. The first kappa shape index (κ1) is 16.8. The van der Waals surface area contributed by atoms with Crippen LogP contribution in [0.1, 0.15) is 5.56 Å². The first-order chi connectivity index (χ1) is 13.2. The minimum absolute atomic E-state index is 0.0433. The molecule has 1 aromatic heterocycles. The van der Waals surface area contributed by atoms with Gasteiger partial charge in [0.05, 0.1) is 11.0 Å². The number of nitrogens with one attached hydrogen (secondary N) is 2. The maximum Gasteiger partial charge on any atom is 0.262 e. The third kappa shape index (κ3) is 3.82. The van der Waals surface area contributed by atoms with Gasteiger partial charge in [-0.1, -0.05) is 30.3 Å². The molecule has 27 heavy (non-hydrogen) atoms. The van der Waals surface area contributed by atoms with E-state index in [0.717, 1.165) is 33.7 Å². The molecule has 1 amide bonds. The summed E-state index contributed by atoms with van der Waals surface area (Å²) in [5.74, 6) is 1.25. The summed E-state index contributed by atoms with van der Waals surface area (Å²) in [6.45, 7) is 1.91. The fourth-order valence-electron chi connectivity index (χ4n) is 2.85. The van der Waals surface area contributed by atoms with Crippen LogP contribution in [0.5, 0.6) is 5.75 Å². The summed E-state index contributed by atoms with van der Waals surface area (Å²) in [6.07, 6.45) is 0. The zero-order valence-corrected chi connectivity index (χ0v) is 14.9. The fourth-order valence-corrected chi connectivity index (χ4v) is 2.85. The summed E-state index contributed by atoms with van der Waals surface area (Å²) in [7, 11) is 0. The number of carbonyl (C=O) groups is 1. The second-order valence-electron chi connectivity index (χ2n) is 6.28. The molecule has 0 aliphatic carbocycles. The minimum atomic E-state index is -0.189. The van der Waals surface area contributed by atoms with Crippen molar-refractivity contribution in [1.29, 1.82) is 0 Å². The van der Waals surface area contributed by atoms with Crippen LogP contribution in [0.2, 0.25) is 0 Å². The van der Waals surface area contributed by atoms with Gasteiger partial charge in [-0.15, -0.1) is 0 Å². The van der Waals surface area contributed by atoms with Crippen molar-refractivity contribution in [3.8, 4) is 17.1 Å². The van der Waals surface area contributed by atoms with Gasteiger partial charge in [-0.2, -0.15) is 0 Å². The van der Waals surface area contributed by atoms with E-state index in [4.69, 9.17) is 4.74 Å². The Labute approximate surface area is 157 Å². The Hall–Kier alpha value is -3.60. The van der Waals surface area contributed by atoms with E-state index in [1.807, 2.05) is 79.7 Å². The smallest absolute Gasteiger partial charge is 0.262 e. The van der Waals surface area contributed by atoms with Crippen LogP contribution in [-0.4, -0.2) is 22.5 Å². The summed E-state index contributed by atoms with van der Waals surface area (Å²) >= 11 is 0. The highest BCUT2D eigenvalue weighted by molar-refractivity contribution is 5.92. The van der Waals surface area contributed by atoms with Gasteiger partial charge in [0.25, 0.3) is 5.91 Å². The van der Waals surface area contributed by atoms with Gasteiger partial charge in [-0.3, -0.25) is 4.79 Å². The van der Waals surface area contributed by atoms with E-state index < -0.39 is 0 Å². The van der Waals surface area contributed by atoms with Crippen LogP contribution in [0.15, 0.2) is 72.8 Å². The molecule has 0 fully saturated rings. The molecule has 0 saturated carbocycles. The molecule has 5 nitrogen and oxygen atoms in total. The van der Waals surface area contributed by atoms with Crippen LogP contribution >= 0.6 is 0 Å². The Kier molecular flexibility index (Phi) is 4.58. The topological polar surface area (TPSA) is 67.0 Å². The molecule has 3 aromatic carbocycles. The number of aromatic amines is 1. The molecule has 0 aliphatic rings. The van der Waals surface area contributed by atoms with Crippen molar-refractivity contribution < 1.29 is 9.53 Å². The molecule has 0 radical (unpaired) electrons. The van der Waals surface area contributed by atoms with Crippen LogP contribution in [0, 0.1) is 6.92 Å². The van der Waals surface area contributed by atoms with Crippen molar-refractivity contribution in [2.45, 2.75) is 6.92 Å². The summed E-state index contributed by atoms with van der Waals surface area (Å²) in [5, 5.41) is 2.85. The Balaban J connectivity index is 1.39. The average molecular weight is 357 g/mol. The number of anilines is 1. The van der Waals surface area contributed by atoms with E-state index in [-0.39, 0.29) is 12.5 Å². The number of para-hydroxylation sites is 3. The number of hydrogen-bond acceptors (Lipinski definition) is 3. The number of aromatic nitrogens is 2. The molecule has 1 heterocycles. The zero-order chi connectivity index (χ0) is 18.6. The van der Waals surface area contributed by atoms with Crippen LogP contribution < -0.4 is 10.1 Å². The Bertz CT molecular complexity index is 1050. The number of ether oxygens (including phenoxy) is 1. The maximum absolute atomic E-state index is 12.1. The van der Waals surface area contributed by atoms with Gasteiger partial charge >= 0.3 is 0 Å². The molecule has 2 N–H and O–H groups in total. The van der Waals surface area contributed by atoms with Crippen LogP contribution in [0.25, 0.3) is 22.4 Å². The van der Waals surface area contributed by atoms with Gasteiger partial charge < -0.3 is 15.0 Å². The highest BCUT2D eigenvalue weighted by Gasteiger charge is 2.07. The predicted octanol–water partition coefficient (Wildman–Crippen LogP) is 4.56. The lowest BCUT2D eigenvalue weighted by Crippen LogP contribution is -2.20. The third-order valence-corrected chi connectivity index (χ3v) is 4.31. The first-order valence-electron chi connectivity index (χ1n) is 8.72. The lowest BCUT2D eigenvalue weighted by molar-refractivity contribution is -0.118. The van der Waals surface area contributed by atoms with E-state index in [2.05, 4.69) is 15.3 Å². The Morgan fingerprint density at radius 1 is 1.00 bits per heavy atom. The van der Waals surface area contributed by atoms with Crippen LogP contribution in [0.4, 0.5) is 5.69 Å². The van der Waals surface area contributed by atoms with Gasteiger partial charge in [-0.05, 0) is 55.0 Å². The van der Waals surface area contributed by atoms with Crippen molar-refractivity contribution in [1.82, 2.24) is 9.97 Å². The molecule has 0 bridgehead atoms. The Morgan fingerprint density at radius 3 is 2.52 bits per heavy atom. The number of rotatable bonds is 5. The lowest BCUT2D eigenvalue weighted by atomic mass is 10.2. The van der Waals surface area contributed by atoms with Gasteiger partial charge in [0.2, 0.25) is 0 Å². The number of nitrogens with zero attached hydrogens (tertiary/aromatic N) is 1. The van der Waals surface area contributed by atoms with Crippen molar-refractivity contribution >= 4 is 22.6 Å². The summed E-state index contributed by atoms with van der Waals surface area (Å²) < 4.78 is 5.59. The number of fused-ring (bicyclic) bond motifs is 1. The molecule has 5 heteroatoms. The highest BCUT2D eigenvalue weighted by Crippen LogP contribution is 2.23. The fraction of sp³-hybridized carbons (Fsp3) is 0.0909. The normalized spacial score (nSPS) is 10.7. The number of carbonyl (C=O) groups excluding carboxylic acids is 1. The number of hydrogen-bond donors (Lipinski definition) is 2. The summed E-state index contributed by atoms with van der Waals surface area (Å²) in [6, 6.07) is 23.1. The minimum Gasteiger partial charge on any atom is -0.484 e. The lowest BCUT2D eigenvalue weighted by Gasteiger charge is -2.09. The van der Waals surface area contributed by atoms with E-state index in [9.17, 15) is 4.79 Å².